The Hall–Kier alpha value is -1.95. The van der Waals surface area contributed by atoms with Gasteiger partial charge in [0.1, 0.15) is 0 Å². The van der Waals surface area contributed by atoms with Crippen molar-refractivity contribution in [3.63, 3.8) is 0 Å². The minimum absolute atomic E-state index is 0.00800. The number of nitro groups is 1. The number of hydrogen-bond acceptors (Lipinski definition) is 4. The second-order valence-electron chi connectivity index (χ2n) is 5.46. The lowest BCUT2D eigenvalue weighted by molar-refractivity contribution is -0.384. The monoisotopic (exact) mass is 277 g/mol. The van der Waals surface area contributed by atoms with E-state index in [2.05, 4.69) is 0 Å². The van der Waals surface area contributed by atoms with Gasteiger partial charge in [-0.25, -0.2) is 0 Å². The summed E-state index contributed by atoms with van der Waals surface area (Å²) in [6, 6.07) is 6.25. The summed E-state index contributed by atoms with van der Waals surface area (Å²) in [7, 11) is 0. The molecule has 0 aliphatic carbocycles. The molecule has 1 aromatic carbocycles. The number of rotatable bonds is 3. The Morgan fingerprint density at radius 1 is 1.50 bits per heavy atom. The third-order valence-electron chi connectivity index (χ3n) is 3.93. The Kier molecular flexibility index (Phi) is 4.04. The summed E-state index contributed by atoms with van der Waals surface area (Å²) in [5.41, 5.74) is 6.60. The average molecular weight is 277 g/mol. The second kappa shape index (κ2) is 5.58. The first-order valence-corrected chi connectivity index (χ1v) is 6.69. The van der Waals surface area contributed by atoms with Crippen LogP contribution in [0.5, 0.6) is 0 Å². The number of carbonyl (C=O) groups is 1. The summed E-state index contributed by atoms with van der Waals surface area (Å²) < 4.78 is 0. The number of nitrogens with zero attached hydrogens (tertiary/aromatic N) is 2. The molecule has 0 bridgehead atoms. The number of nitrogens with two attached hydrogens (primary N) is 1. The quantitative estimate of drug-likeness (QED) is 0.669. The zero-order chi connectivity index (χ0) is 14.9. The van der Waals surface area contributed by atoms with Crippen molar-refractivity contribution in [1.29, 1.82) is 0 Å². The molecule has 0 saturated carbocycles. The Morgan fingerprint density at radius 3 is 2.75 bits per heavy atom. The molecule has 3 unspecified atom stereocenters. The highest BCUT2D eigenvalue weighted by Crippen LogP contribution is 2.25. The van der Waals surface area contributed by atoms with E-state index in [1.165, 1.54) is 12.1 Å². The fraction of sp³-hybridized carbons (Fsp3) is 0.500. The molecule has 1 saturated heterocycles. The van der Waals surface area contributed by atoms with Crippen molar-refractivity contribution >= 4 is 11.6 Å². The molecular formula is C14H19N3O3. The molecule has 20 heavy (non-hydrogen) atoms. The molecule has 6 heteroatoms. The van der Waals surface area contributed by atoms with Crippen LogP contribution in [0.15, 0.2) is 24.3 Å². The van der Waals surface area contributed by atoms with E-state index in [-0.39, 0.29) is 23.6 Å². The van der Waals surface area contributed by atoms with Crippen molar-refractivity contribution in [3.05, 3.63) is 39.9 Å². The predicted molar refractivity (Wildman–Crippen MR) is 75.2 cm³/mol. The summed E-state index contributed by atoms with van der Waals surface area (Å²) in [5, 5.41) is 10.8. The molecule has 0 spiro atoms. The van der Waals surface area contributed by atoms with Crippen molar-refractivity contribution in [2.45, 2.75) is 25.8 Å². The van der Waals surface area contributed by atoms with Gasteiger partial charge in [-0.05, 0) is 18.4 Å². The number of likely N-dealkylation sites (tertiary alicyclic amines) is 1. The van der Waals surface area contributed by atoms with Crippen LogP contribution in [0.1, 0.15) is 25.3 Å². The summed E-state index contributed by atoms with van der Waals surface area (Å²) >= 11 is 0. The molecule has 6 nitrogen and oxygen atoms in total. The highest BCUT2D eigenvalue weighted by atomic mass is 16.6. The molecular weight excluding hydrogens is 258 g/mol. The van der Waals surface area contributed by atoms with Gasteiger partial charge in [-0.3, -0.25) is 14.9 Å². The molecule has 1 aromatic rings. The van der Waals surface area contributed by atoms with E-state index in [0.717, 1.165) is 0 Å². The SMILES string of the molecule is CC(C(=O)N1CC(C)C(N)C1)c1cccc([N+](=O)[O-])c1. The molecule has 1 aliphatic rings. The van der Waals surface area contributed by atoms with Crippen LogP contribution >= 0.6 is 0 Å². The number of carbonyl (C=O) groups excluding carboxylic acids is 1. The maximum Gasteiger partial charge on any atom is 0.269 e. The van der Waals surface area contributed by atoms with E-state index >= 15 is 0 Å². The molecule has 1 fully saturated rings. The van der Waals surface area contributed by atoms with Gasteiger partial charge in [-0.1, -0.05) is 19.1 Å². The predicted octanol–water partition coefficient (Wildman–Crippen LogP) is 1.50. The lowest BCUT2D eigenvalue weighted by atomic mass is 9.99. The van der Waals surface area contributed by atoms with Gasteiger partial charge in [-0.2, -0.15) is 0 Å². The number of amides is 1. The largest absolute Gasteiger partial charge is 0.340 e. The molecule has 1 heterocycles. The molecule has 2 rings (SSSR count). The van der Waals surface area contributed by atoms with E-state index in [0.29, 0.717) is 18.7 Å². The minimum Gasteiger partial charge on any atom is -0.340 e. The van der Waals surface area contributed by atoms with Gasteiger partial charge >= 0.3 is 0 Å². The van der Waals surface area contributed by atoms with Crippen LogP contribution in [0.2, 0.25) is 0 Å². The first-order valence-electron chi connectivity index (χ1n) is 6.69. The van der Waals surface area contributed by atoms with Gasteiger partial charge in [0.15, 0.2) is 0 Å². The summed E-state index contributed by atoms with van der Waals surface area (Å²) in [4.78, 5) is 24.5. The first-order chi connectivity index (χ1) is 9.40. The van der Waals surface area contributed by atoms with Crippen molar-refractivity contribution in [1.82, 2.24) is 4.90 Å². The van der Waals surface area contributed by atoms with Gasteiger partial charge in [-0.15, -0.1) is 0 Å². The minimum atomic E-state index is -0.450. The molecule has 0 aromatic heterocycles. The van der Waals surface area contributed by atoms with E-state index < -0.39 is 10.8 Å². The van der Waals surface area contributed by atoms with Crippen LogP contribution in [0.25, 0.3) is 0 Å². The molecule has 1 aliphatic heterocycles. The van der Waals surface area contributed by atoms with Gasteiger partial charge in [0, 0.05) is 31.3 Å². The molecule has 3 atom stereocenters. The van der Waals surface area contributed by atoms with Gasteiger partial charge in [0.25, 0.3) is 5.69 Å². The third kappa shape index (κ3) is 2.80. The number of nitro benzene ring substituents is 1. The van der Waals surface area contributed by atoms with Crippen LogP contribution in [0.4, 0.5) is 5.69 Å². The normalized spacial score (nSPS) is 23.6. The Morgan fingerprint density at radius 2 is 2.20 bits per heavy atom. The van der Waals surface area contributed by atoms with Crippen molar-refractivity contribution < 1.29 is 9.72 Å². The lowest BCUT2D eigenvalue weighted by Gasteiger charge is -2.21. The van der Waals surface area contributed by atoms with Gasteiger partial charge < -0.3 is 10.6 Å². The fourth-order valence-corrected chi connectivity index (χ4v) is 2.50. The molecule has 0 radical (unpaired) electrons. The highest BCUT2D eigenvalue weighted by molar-refractivity contribution is 5.83. The Labute approximate surface area is 117 Å². The third-order valence-corrected chi connectivity index (χ3v) is 3.93. The zero-order valence-corrected chi connectivity index (χ0v) is 11.7. The van der Waals surface area contributed by atoms with E-state index in [4.69, 9.17) is 5.73 Å². The lowest BCUT2D eigenvalue weighted by Crippen LogP contribution is -2.34. The van der Waals surface area contributed by atoms with Gasteiger partial charge in [0.05, 0.1) is 10.8 Å². The van der Waals surface area contributed by atoms with Crippen LogP contribution in [0, 0.1) is 16.0 Å². The van der Waals surface area contributed by atoms with Crippen molar-refractivity contribution in [3.8, 4) is 0 Å². The first kappa shape index (κ1) is 14.5. The molecule has 108 valence electrons. The summed E-state index contributed by atoms with van der Waals surface area (Å²) in [5.74, 6) is -0.131. The number of benzene rings is 1. The summed E-state index contributed by atoms with van der Waals surface area (Å²) in [6.07, 6.45) is 0. The van der Waals surface area contributed by atoms with Crippen molar-refractivity contribution in [2.75, 3.05) is 13.1 Å². The molecule has 2 N–H and O–H groups in total. The zero-order valence-electron chi connectivity index (χ0n) is 11.7. The maximum atomic E-state index is 12.4. The van der Waals surface area contributed by atoms with E-state index in [1.807, 2.05) is 6.92 Å². The Bertz CT molecular complexity index is 522. The standard InChI is InChI=1S/C14H19N3O3/c1-9-7-16(8-13(9)15)14(18)10(2)11-4-3-5-12(6-11)17(19)20/h3-6,9-10,13H,7-8,15H2,1-2H3. The maximum absolute atomic E-state index is 12.4. The number of non-ortho nitro benzene ring substituents is 1. The van der Waals surface area contributed by atoms with E-state index in [9.17, 15) is 14.9 Å². The highest BCUT2D eigenvalue weighted by Gasteiger charge is 2.32. The Balaban J connectivity index is 2.15. The smallest absolute Gasteiger partial charge is 0.269 e. The average Bonchev–Trinajstić information content (AvgIpc) is 2.77. The molecule has 1 amide bonds. The fourth-order valence-electron chi connectivity index (χ4n) is 2.50. The topological polar surface area (TPSA) is 89.5 Å². The number of hydrogen-bond donors (Lipinski definition) is 1. The van der Waals surface area contributed by atoms with Crippen LogP contribution in [0.3, 0.4) is 0 Å². The van der Waals surface area contributed by atoms with Gasteiger partial charge in [0.2, 0.25) is 5.91 Å². The second-order valence-corrected chi connectivity index (χ2v) is 5.46. The van der Waals surface area contributed by atoms with E-state index in [1.54, 1.807) is 24.0 Å². The summed E-state index contributed by atoms with van der Waals surface area (Å²) in [6.45, 7) is 5.00. The van der Waals surface area contributed by atoms with Crippen molar-refractivity contribution in [2.24, 2.45) is 11.7 Å². The van der Waals surface area contributed by atoms with Crippen LogP contribution < -0.4 is 5.73 Å². The van der Waals surface area contributed by atoms with Crippen LogP contribution in [-0.2, 0) is 4.79 Å². The van der Waals surface area contributed by atoms with Crippen LogP contribution in [-0.4, -0.2) is 34.9 Å².